The van der Waals surface area contributed by atoms with Gasteiger partial charge in [0, 0.05) is 37.6 Å². The molecule has 0 aromatic carbocycles. The largest absolute Gasteiger partial charge is 0.350 e. The van der Waals surface area contributed by atoms with Crippen LogP contribution in [0.15, 0.2) is 18.3 Å². The Hall–Kier alpha value is -0.800. The van der Waals surface area contributed by atoms with Crippen molar-refractivity contribution in [2.75, 3.05) is 20.6 Å². The molecule has 0 aliphatic heterocycles. The molecule has 0 fully saturated rings. The fourth-order valence-electron chi connectivity index (χ4n) is 1.96. The van der Waals surface area contributed by atoms with E-state index in [9.17, 15) is 0 Å². The third-order valence-electron chi connectivity index (χ3n) is 2.66. The zero-order valence-electron chi connectivity index (χ0n) is 11.0. The van der Waals surface area contributed by atoms with Crippen LogP contribution in [-0.2, 0) is 13.1 Å². The summed E-state index contributed by atoms with van der Waals surface area (Å²) in [6.07, 6.45) is 3.35. The maximum absolute atomic E-state index is 3.55. The first kappa shape index (κ1) is 13.3. The fourth-order valence-corrected chi connectivity index (χ4v) is 1.96. The highest BCUT2D eigenvalue weighted by Crippen LogP contribution is 2.03. The van der Waals surface area contributed by atoms with Crippen LogP contribution in [0.2, 0.25) is 0 Å². The van der Waals surface area contributed by atoms with Crippen LogP contribution in [0.4, 0.5) is 0 Å². The molecule has 0 saturated carbocycles. The average Bonchev–Trinajstić information content (AvgIpc) is 2.62. The highest BCUT2D eigenvalue weighted by molar-refractivity contribution is 5.07. The SMILES string of the molecule is CCCn1cccc1CNC(C)CN(C)C. The lowest BCUT2D eigenvalue weighted by Gasteiger charge is -2.19. The van der Waals surface area contributed by atoms with Crippen molar-refractivity contribution in [3.05, 3.63) is 24.0 Å². The summed E-state index contributed by atoms with van der Waals surface area (Å²) in [5.41, 5.74) is 1.38. The van der Waals surface area contributed by atoms with E-state index in [1.165, 1.54) is 12.1 Å². The minimum Gasteiger partial charge on any atom is -0.350 e. The molecule has 1 atom stereocenters. The van der Waals surface area contributed by atoms with Gasteiger partial charge in [0.05, 0.1) is 0 Å². The Bertz CT molecular complexity index is 291. The van der Waals surface area contributed by atoms with E-state index in [0.717, 1.165) is 19.6 Å². The predicted molar refractivity (Wildman–Crippen MR) is 69.6 cm³/mol. The molecular formula is C13H25N3. The minimum absolute atomic E-state index is 0.528. The minimum atomic E-state index is 0.528. The quantitative estimate of drug-likeness (QED) is 0.762. The van der Waals surface area contributed by atoms with Gasteiger partial charge in [-0.3, -0.25) is 0 Å². The van der Waals surface area contributed by atoms with Crippen molar-refractivity contribution in [1.82, 2.24) is 14.8 Å². The first-order chi connectivity index (χ1) is 7.63. The average molecular weight is 223 g/mol. The molecule has 1 aromatic rings. The van der Waals surface area contributed by atoms with E-state index in [4.69, 9.17) is 0 Å². The summed E-state index contributed by atoms with van der Waals surface area (Å²) in [7, 11) is 4.22. The number of nitrogens with one attached hydrogen (secondary N) is 1. The van der Waals surface area contributed by atoms with E-state index in [1.807, 2.05) is 0 Å². The second-order valence-electron chi connectivity index (χ2n) is 4.74. The monoisotopic (exact) mass is 223 g/mol. The van der Waals surface area contributed by atoms with Crippen molar-refractivity contribution in [3.63, 3.8) is 0 Å². The van der Waals surface area contributed by atoms with Gasteiger partial charge in [-0.15, -0.1) is 0 Å². The number of aromatic nitrogens is 1. The van der Waals surface area contributed by atoms with Crippen molar-refractivity contribution in [1.29, 1.82) is 0 Å². The van der Waals surface area contributed by atoms with Gasteiger partial charge in [-0.05, 0) is 39.6 Å². The van der Waals surface area contributed by atoms with E-state index in [0.29, 0.717) is 6.04 Å². The van der Waals surface area contributed by atoms with Crippen LogP contribution < -0.4 is 5.32 Å². The number of likely N-dealkylation sites (N-methyl/N-ethyl adjacent to an activating group) is 1. The molecule has 0 aliphatic carbocycles. The van der Waals surface area contributed by atoms with Gasteiger partial charge in [-0.1, -0.05) is 6.92 Å². The van der Waals surface area contributed by atoms with E-state index in [1.54, 1.807) is 0 Å². The number of hydrogen-bond acceptors (Lipinski definition) is 2. The van der Waals surface area contributed by atoms with Gasteiger partial charge in [0.1, 0.15) is 0 Å². The van der Waals surface area contributed by atoms with Crippen molar-refractivity contribution in [3.8, 4) is 0 Å². The van der Waals surface area contributed by atoms with Gasteiger partial charge >= 0.3 is 0 Å². The number of aryl methyl sites for hydroxylation is 1. The normalized spacial score (nSPS) is 13.3. The summed E-state index contributed by atoms with van der Waals surface area (Å²) in [5, 5.41) is 3.55. The Labute approximate surface area is 99.4 Å². The standard InChI is InChI=1S/C13H25N3/c1-5-8-16-9-6-7-13(16)10-14-12(2)11-15(3)4/h6-7,9,12,14H,5,8,10-11H2,1-4H3. The molecule has 0 amide bonds. The summed E-state index contributed by atoms with van der Waals surface area (Å²) in [4.78, 5) is 2.21. The molecule has 1 unspecified atom stereocenters. The van der Waals surface area contributed by atoms with Crippen LogP contribution in [0, 0.1) is 0 Å². The lowest BCUT2D eigenvalue weighted by Crippen LogP contribution is -2.35. The Morgan fingerprint density at radius 2 is 2.19 bits per heavy atom. The summed E-state index contributed by atoms with van der Waals surface area (Å²) in [5.74, 6) is 0. The van der Waals surface area contributed by atoms with Gasteiger partial charge in [0.2, 0.25) is 0 Å². The van der Waals surface area contributed by atoms with Gasteiger partial charge in [-0.2, -0.15) is 0 Å². The molecule has 0 radical (unpaired) electrons. The second-order valence-corrected chi connectivity index (χ2v) is 4.74. The predicted octanol–water partition coefficient (Wildman–Crippen LogP) is 1.94. The third-order valence-corrected chi connectivity index (χ3v) is 2.66. The number of nitrogens with zero attached hydrogens (tertiary/aromatic N) is 2. The van der Waals surface area contributed by atoms with Crippen LogP contribution in [0.5, 0.6) is 0 Å². The van der Waals surface area contributed by atoms with E-state index < -0.39 is 0 Å². The topological polar surface area (TPSA) is 20.2 Å². The van der Waals surface area contributed by atoms with Gasteiger partial charge < -0.3 is 14.8 Å². The Balaban J connectivity index is 2.38. The molecule has 3 heteroatoms. The van der Waals surface area contributed by atoms with Crippen LogP contribution in [0.25, 0.3) is 0 Å². The maximum atomic E-state index is 3.55. The summed E-state index contributed by atoms with van der Waals surface area (Å²) in [6.45, 7) is 7.60. The summed E-state index contributed by atoms with van der Waals surface area (Å²) in [6, 6.07) is 4.86. The van der Waals surface area contributed by atoms with Crippen LogP contribution in [-0.4, -0.2) is 36.1 Å². The fraction of sp³-hybridized carbons (Fsp3) is 0.692. The van der Waals surface area contributed by atoms with Crippen molar-refractivity contribution in [2.45, 2.75) is 39.4 Å². The molecule has 0 bridgehead atoms. The molecule has 0 aliphatic rings. The first-order valence-electron chi connectivity index (χ1n) is 6.15. The van der Waals surface area contributed by atoms with Crippen LogP contribution in [0.1, 0.15) is 26.0 Å². The third kappa shape index (κ3) is 4.37. The molecule has 1 heterocycles. The van der Waals surface area contributed by atoms with E-state index >= 15 is 0 Å². The molecule has 0 spiro atoms. The Kier molecular flexibility index (Phi) is 5.56. The smallest absolute Gasteiger partial charge is 0.0362 e. The first-order valence-corrected chi connectivity index (χ1v) is 6.15. The molecule has 92 valence electrons. The number of hydrogen-bond donors (Lipinski definition) is 1. The van der Waals surface area contributed by atoms with E-state index in [2.05, 4.69) is 61.1 Å². The molecule has 1 aromatic heterocycles. The van der Waals surface area contributed by atoms with Gasteiger partial charge in [0.15, 0.2) is 0 Å². The molecule has 0 saturated heterocycles. The number of rotatable bonds is 7. The second kappa shape index (κ2) is 6.71. The molecular weight excluding hydrogens is 198 g/mol. The van der Waals surface area contributed by atoms with Crippen molar-refractivity contribution in [2.24, 2.45) is 0 Å². The molecule has 3 nitrogen and oxygen atoms in total. The van der Waals surface area contributed by atoms with Crippen LogP contribution in [0.3, 0.4) is 0 Å². The van der Waals surface area contributed by atoms with Gasteiger partial charge in [0.25, 0.3) is 0 Å². The zero-order chi connectivity index (χ0) is 12.0. The highest BCUT2D eigenvalue weighted by atomic mass is 15.1. The van der Waals surface area contributed by atoms with Gasteiger partial charge in [-0.25, -0.2) is 0 Å². The zero-order valence-corrected chi connectivity index (χ0v) is 11.0. The van der Waals surface area contributed by atoms with Crippen molar-refractivity contribution < 1.29 is 0 Å². The highest BCUT2D eigenvalue weighted by Gasteiger charge is 2.04. The van der Waals surface area contributed by atoms with Crippen molar-refractivity contribution >= 4 is 0 Å². The molecule has 1 N–H and O–H groups in total. The Morgan fingerprint density at radius 3 is 2.81 bits per heavy atom. The maximum Gasteiger partial charge on any atom is 0.0362 e. The Morgan fingerprint density at radius 1 is 1.44 bits per heavy atom. The lowest BCUT2D eigenvalue weighted by atomic mass is 10.3. The van der Waals surface area contributed by atoms with E-state index in [-0.39, 0.29) is 0 Å². The summed E-state index contributed by atoms with van der Waals surface area (Å²) >= 11 is 0. The lowest BCUT2D eigenvalue weighted by molar-refractivity contribution is 0.347. The summed E-state index contributed by atoms with van der Waals surface area (Å²) < 4.78 is 2.33. The molecule has 16 heavy (non-hydrogen) atoms. The van der Waals surface area contributed by atoms with Crippen LogP contribution >= 0.6 is 0 Å². The molecule has 1 rings (SSSR count).